The van der Waals surface area contributed by atoms with Crippen LogP contribution in [0.5, 0.6) is 0 Å². The maximum atomic E-state index is 12.1. The molecule has 0 fully saturated rings. The molecule has 2 aromatic heterocycles. The van der Waals surface area contributed by atoms with Crippen LogP contribution in [0.1, 0.15) is 23.4 Å². The number of fused-ring (bicyclic) bond motifs is 1. The first-order valence-electron chi connectivity index (χ1n) is 6.36. The summed E-state index contributed by atoms with van der Waals surface area (Å²) in [6, 6.07) is 2.17. The summed E-state index contributed by atoms with van der Waals surface area (Å²) in [7, 11) is 0. The molecule has 6 nitrogen and oxygen atoms in total. The molecule has 0 bridgehead atoms. The molecule has 0 radical (unpaired) electrons. The highest BCUT2D eigenvalue weighted by Crippen LogP contribution is 2.21. The van der Waals surface area contributed by atoms with E-state index in [1.165, 1.54) is 0 Å². The van der Waals surface area contributed by atoms with E-state index in [9.17, 15) is 4.79 Å². The van der Waals surface area contributed by atoms with Crippen molar-refractivity contribution in [1.82, 2.24) is 14.9 Å². The Bertz CT molecular complexity index is 573. The molecule has 0 spiro atoms. The molecule has 3 rings (SSSR count). The number of nitrogens with one attached hydrogen (secondary N) is 1. The van der Waals surface area contributed by atoms with E-state index in [2.05, 4.69) is 9.97 Å². The summed E-state index contributed by atoms with van der Waals surface area (Å²) < 4.78 is 5.30. The van der Waals surface area contributed by atoms with Crippen LogP contribution in [0, 0.1) is 0 Å². The number of aryl methyl sites for hydroxylation is 1. The summed E-state index contributed by atoms with van der Waals surface area (Å²) in [4.78, 5) is 21.0. The zero-order chi connectivity index (χ0) is 13.2. The molecule has 0 aliphatic carbocycles. The third-order valence-corrected chi connectivity index (χ3v) is 3.39. The fraction of sp³-hybridized carbons (Fsp3) is 0.385. The summed E-state index contributed by atoms with van der Waals surface area (Å²) >= 11 is 0. The minimum atomic E-state index is 0.141. The van der Waals surface area contributed by atoms with Gasteiger partial charge in [-0.2, -0.15) is 4.98 Å². The van der Waals surface area contributed by atoms with Crippen LogP contribution in [0.2, 0.25) is 0 Å². The van der Waals surface area contributed by atoms with Gasteiger partial charge in [-0.25, -0.2) is 0 Å². The number of oxazole rings is 1. The highest BCUT2D eigenvalue weighted by molar-refractivity contribution is 5.76. The minimum absolute atomic E-state index is 0.141. The normalized spacial score (nSPS) is 14.4. The number of hydrogen-bond donors (Lipinski definition) is 2. The number of carbonyl (C=O) groups excluding carboxylic acids is 1. The highest BCUT2D eigenvalue weighted by Gasteiger charge is 2.24. The van der Waals surface area contributed by atoms with Crippen LogP contribution in [-0.4, -0.2) is 27.3 Å². The molecule has 0 atom stereocenters. The number of aromatic nitrogens is 2. The molecule has 3 N–H and O–H groups in total. The lowest BCUT2D eigenvalue weighted by Gasteiger charge is -2.25. The minimum Gasteiger partial charge on any atom is -0.427 e. The van der Waals surface area contributed by atoms with E-state index >= 15 is 0 Å². The summed E-state index contributed by atoms with van der Waals surface area (Å²) in [6.07, 6.45) is 5.76. The number of anilines is 1. The Labute approximate surface area is 110 Å². The summed E-state index contributed by atoms with van der Waals surface area (Å²) in [6.45, 7) is 1.16. The smallest absolute Gasteiger partial charge is 0.292 e. The van der Waals surface area contributed by atoms with Gasteiger partial charge in [0, 0.05) is 31.8 Å². The van der Waals surface area contributed by atoms with Crippen molar-refractivity contribution in [2.24, 2.45) is 0 Å². The van der Waals surface area contributed by atoms with Gasteiger partial charge in [-0.15, -0.1) is 0 Å². The second-order valence-electron chi connectivity index (χ2n) is 4.71. The number of H-pyrrole nitrogens is 1. The van der Waals surface area contributed by atoms with Crippen molar-refractivity contribution in [2.45, 2.75) is 25.8 Å². The van der Waals surface area contributed by atoms with Crippen LogP contribution < -0.4 is 5.73 Å². The highest BCUT2D eigenvalue weighted by atomic mass is 16.4. The Morgan fingerprint density at radius 1 is 1.58 bits per heavy atom. The first kappa shape index (κ1) is 11.8. The van der Waals surface area contributed by atoms with Gasteiger partial charge in [-0.3, -0.25) is 4.79 Å². The molecule has 0 saturated heterocycles. The van der Waals surface area contributed by atoms with E-state index < -0.39 is 0 Å². The molecule has 6 heteroatoms. The molecule has 1 amide bonds. The monoisotopic (exact) mass is 260 g/mol. The van der Waals surface area contributed by atoms with E-state index in [1.807, 2.05) is 18.5 Å². The second kappa shape index (κ2) is 4.79. The first-order chi connectivity index (χ1) is 9.22. The third kappa shape index (κ3) is 2.47. The second-order valence-corrected chi connectivity index (χ2v) is 4.71. The van der Waals surface area contributed by atoms with Crippen LogP contribution in [0.3, 0.4) is 0 Å². The zero-order valence-corrected chi connectivity index (χ0v) is 10.6. The van der Waals surface area contributed by atoms with Gasteiger partial charge in [0.1, 0.15) is 5.76 Å². The van der Waals surface area contributed by atoms with Crippen molar-refractivity contribution < 1.29 is 9.21 Å². The molecule has 0 saturated carbocycles. The Hall–Kier alpha value is -2.24. The number of nitrogens with zero attached hydrogens (tertiary/aromatic N) is 2. The SMILES string of the molecule is Nc1nc2c(o1)CN(C(=O)CCc1cc[nH]c1)CC2. The van der Waals surface area contributed by atoms with Gasteiger partial charge in [0.2, 0.25) is 5.91 Å². The Balaban J connectivity index is 1.59. The number of hydrogen-bond acceptors (Lipinski definition) is 4. The molecule has 0 unspecified atom stereocenters. The Morgan fingerprint density at radius 2 is 2.47 bits per heavy atom. The molecular formula is C13H16N4O2. The molecule has 2 aromatic rings. The zero-order valence-electron chi connectivity index (χ0n) is 10.6. The average Bonchev–Trinajstić information content (AvgIpc) is 3.02. The predicted octanol–water partition coefficient (Wildman–Crippen LogP) is 1.10. The fourth-order valence-electron chi connectivity index (χ4n) is 2.35. The lowest BCUT2D eigenvalue weighted by atomic mass is 10.1. The van der Waals surface area contributed by atoms with Crippen molar-refractivity contribution in [3.05, 3.63) is 35.5 Å². The van der Waals surface area contributed by atoms with Crippen molar-refractivity contribution in [2.75, 3.05) is 12.3 Å². The fourth-order valence-corrected chi connectivity index (χ4v) is 2.35. The number of aromatic amines is 1. The van der Waals surface area contributed by atoms with Crippen molar-refractivity contribution in [1.29, 1.82) is 0 Å². The van der Waals surface area contributed by atoms with E-state index in [-0.39, 0.29) is 11.9 Å². The van der Waals surface area contributed by atoms with Gasteiger partial charge in [0.25, 0.3) is 6.01 Å². The van der Waals surface area contributed by atoms with Gasteiger partial charge in [0.05, 0.1) is 12.2 Å². The molecule has 1 aliphatic rings. The molecule has 3 heterocycles. The third-order valence-electron chi connectivity index (χ3n) is 3.39. The number of nitrogen functional groups attached to an aromatic ring is 1. The van der Waals surface area contributed by atoms with Crippen LogP contribution in [0.4, 0.5) is 6.01 Å². The molecule has 19 heavy (non-hydrogen) atoms. The van der Waals surface area contributed by atoms with E-state index in [4.69, 9.17) is 10.2 Å². The maximum Gasteiger partial charge on any atom is 0.292 e. The molecule has 100 valence electrons. The molecule has 1 aliphatic heterocycles. The number of carbonyl (C=O) groups is 1. The predicted molar refractivity (Wildman–Crippen MR) is 69.2 cm³/mol. The number of rotatable bonds is 3. The Kier molecular flexibility index (Phi) is 2.98. The average molecular weight is 260 g/mol. The quantitative estimate of drug-likeness (QED) is 0.865. The lowest BCUT2D eigenvalue weighted by Crippen LogP contribution is -2.35. The maximum absolute atomic E-state index is 12.1. The van der Waals surface area contributed by atoms with Gasteiger partial charge in [-0.05, 0) is 18.1 Å². The standard InChI is InChI=1S/C13H16N4O2/c14-13-16-10-4-6-17(8-11(10)19-13)12(18)2-1-9-3-5-15-7-9/h3,5,7,15H,1-2,4,6,8H2,(H2,14,16). The lowest BCUT2D eigenvalue weighted by molar-refractivity contribution is -0.132. The summed E-state index contributed by atoms with van der Waals surface area (Å²) in [5.41, 5.74) is 7.55. The van der Waals surface area contributed by atoms with Crippen molar-refractivity contribution >= 4 is 11.9 Å². The first-order valence-corrected chi connectivity index (χ1v) is 6.36. The van der Waals surface area contributed by atoms with Gasteiger partial charge >= 0.3 is 0 Å². The van der Waals surface area contributed by atoms with Crippen LogP contribution >= 0.6 is 0 Å². The van der Waals surface area contributed by atoms with Crippen LogP contribution in [0.15, 0.2) is 22.9 Å². The largest absolute Gasteiger partial charge is 0.427 e. The van der Waals surface area contributed by atoms with Gasteiger partial charge in [-0.1, -0.05) is 0 Å². The topological polar surface area (TPSA) is 88.2 Å². The van der Waals surface area contributed by atoms with E-state index in [0.717, 1.165) is 23.4 Å². The number of nitrogens with two attached hydrogens (primary N) is 1. The van der Waals surface area contributed by atoms with E-state index in [1.54, 1.807) is 4.90 Å². The summed E-state index contributed by atoms with van der Waals surface area (Å²) in [5.74, 6) is 0.862. The molecule has 0 aromatic carbocycles. The van der Waals surface area contributed by atoms with Crippen molar-refractivity contribution in [3.63, 3.8) is 0 Å². The Morgan fingerprint density at radius 3 is 3.26 bits per heavy atom. The van der Waals surface area contributed by atoms with Crippen molar-refractivity contribution in [3.8, 4) is 0 Å². The summed E-state index contributed by atoms with van der Waals surface area (Å²) in [5, 5.41) is 0. The van der Waals surface area contributed by atoms with E-state index in [0.29, 0.717) is 25.9 Å². The van der Waals surface area contributed by atoms with Crippen LogP contribution in [0.25, 0.3) is 0 Å². The van der Waals surface area contributed by atoms with Gasteiger partial charge in [0.15, 0.2) is 0 Å². The number of amides is 1. The van der Waals surface area contributed by atoms with Crippen LogP contribution in [-0.2, 0) is 24.2 Å². The molecular weight excluding hydrogens is 244 g/mol. The van der Waals surface area contributed by atoms with Gasteiger partial charge < -0.3 is 20.0 Å².